The predicted octanol–water partition coefficient (Wildman–Crippen LogP) is 0.611. The van der Waals surface area contributed by atoms with Crippen molar-refractivity contribution in [3.63, 3.8) is 0 Å². The van der Waals surface area contributed by atoms with Crippen LogP contribution in [-0.2, 0) is 0 Å². The fraction of sp³-hybridized carbons (Fsp3) is 0. The van der Waals surface area contributed by atoms with E-state index in [4.69, 9.17) is 14.1 Å². The maximum absolute atomic E-state index is 5.72. The SMILES string of the molecule is [C].[C]N=N[C]. The molecular formula is C3N2. The molecular weight excluding hydrogens is 64.0 g/mol. The van der Waals surface area contributed by atoms with Crippen LogP contribution in [-0.4, -0.2) is 0 Å². The Morgan fingerprint density at radius 2 is 1.20 bits per heavy atom. The summed E-state index contributed by atoms with van der Waals surface area (Å²) in [5.41, 5.74) is 0. The van der Waals surface area contributed by atoms with E-state index in [9.17, 15) is 0 Å². The Morgan fingerprint density at radius 1 is 1.00 bits per heavy atom. The maximum atomic E-state index is 5.72. The Bertz CT molecular complexity index is 20.1. The van der Waals surface area contributed by atoms with Gasteiger partial charge in [0.25, 0.3) is 0 Å². The van der Waals surface area contributed by atoms with Gasteiger partial charge in [0, 0.05) is 7.43 Å². The van der Waals surface area contributed by atoms with Gasteiger partial charge in [-0.3, -0.25) is 0 Å². The van der Waals surface area contributed by atoms with Gasteiger partial charge in [0.05, 0.1) is 0 Å². The molecule has 5 heavy (non-hydrogen) atoms. The third-order valence-corrected chi connectivity index (χ3v) is 0.0500. The first-order valence-corrected chi connectivity index (χ1v) is 0.647. The van der Waals surface area contributed by atoms with Gasteiger partial charge in [0.1, 0.15) is 0 Å². The molecule has 0 saturated carbocycles. The minimum atomic E-state index is 0. The molecule has 2 nitrogen and oxygen atoms in total. The first kappa shape index (κ1) is 8.82. The van der Waals surface area contributed by atoms with E-state index in [1.54, 1.807) is 0 Å². The minimum Gasteiger partial charge on any atom is -0.178 e. The number of azo groups is 1. The highest BCUT2D eigenvalue weighted by Crippen LogP contribution is 1.57. The summed E-state index contributed by atoms with van der Waals surface area (Å²) >= 11 is 0. The van der Waals surface area contributed by atoms with E-state index in [1.807, 2.05) is 0 Å². The van der Waals surface area contributed by atoms with Crippen molar-refractivity contribution in [2.24, 2.45) is 10.2 Å². The summed E-state index contributed by atoms with van der Waals surface area (Å²) in [5.74, 6) is 0. The average Bonchev–Trinajstić information content (AvgIpc) is 1.37. The zero-order valence-electron chi connectivity index (χ0n) is 2.39. The van der Waals surface area contributed by atoms with Gasteiger partial charge >= 0.3 is 0 Å². The van der Waals surface area contributed by atoms with Crippen LogP contribution in [0.5, 0.6) is 0 Å². The Hall–Kier alpha value is -0.400. The van der Waals surface area contributed by atoms with Crippen LogP contribution in [0.25, 0.3) is 0 Å². The van der Waals surface area contributed by atoms with Crippen LogP contribution in [0.4, 0.5) is 0 Å². The van der Waals surface area contributed by atoms with Gasteiger partial charge in [-0.1, -0.05) is 0 Å². The topological polar surface area (TPSA) is 24.7 Å². The third kappa shape index (κ3) is 25.6. The molecule has 0 heterocycles. The zero-order valence-corrected chi connectivity index (χ0v) is 2.39. The van der Waals surface area contributed by atoms with Crippen molar-refractivity contribution in [1.29, 1.82) is 0 Å². The molecule has 0 spiro atoms. The lowest BCUT2D eigenvalue weighted by atomic mass is 11.5. The molecule has 0 aliphatic carbocycles. The van der Waals surface area contributed by atoms with E-state index < -0.39 is 0 Å². The van der Waals surface area contributed by atoms with Crippen LogP contribution >= 0.6 is 0 Å². The second-order valence-electron chi connectivity index (χ2n) is 0.200. The van der Waals surface area contributed by atoms with Crippen molar-refractivity contribution in [3.8, 4) is 0 Å². The van der Waals surface area contributed by atoms with E-state index in [0.29, 0.717) is 0 Å². The highest BCUT2D eigenvalue weighted by atomic mass is 15.0. The van der Waals surface area contributed by atoms with Crippen LogP contribution < -0.4 is 0 Å². The van der Waals surface area contributed by atoms with Crippen LogP contribution in [0.15, 0.2) is 10.2 Å². The van der Waals surface area contributed by atoms with Gasteiger partial charge < -0.3 is 0 Å². The number of rotatable bonds is 0. The van der Waals surface area contributed by atoms with Crippen molar-refractivity contribution in [2.75, 3.05) is 0 Å². The molecule has 0 fully saturated rings. The summed E-state index contributed by atoms with van der Waals surface area (Å²) in [6, 6.07) is 0. The zero-order chi connectivity index (χ0) is 3.41. The highest BCUT2D eigenvalue weighted by Gasteiger charge is 1.37. The third-order valence-electron chi connectivity index (χ3n) is 0.0500. The van der Waals surface area contributed by atoms with Crippen molar-refractivity contribution < 1.29 is 0 Å². The molecule has 0 saturated heterocycles. The monoisotopic (exact) mass is 64.0 g/mol. The molecule has 0 bridgehead atoms. The van der Waals surface area contributed by atoms with Crippen LogP contribution in [0, 0.1) is 21.5 Å². The fourth-order valence-electron chi connectivity index (χ4n) is 0. The molecule has 0 N–H and O–H groups in total. The largest absolute Gasteiger partial charge is 0.178 e. The van der Waals surface area contributed by atoms with Gasteiger partial charge in [-0.15, -0.1) is 0 Å². The summed E-state index contributed by atoms with van der Waals surface area (Å²) in [6.45, 7) is 0. The van der Waals surface area contributed by atoms with Crippen molar-refractivity contribution in [2.45, 2.75) is 0 Å². The van der Waals surface area contributed by atoms with Gasteiger partial charge in [-0.05, 0) is 0 Å². The molecule has 0 rings (SSSR count). The smallest absolute Gasteiger partial charge is 0.178 e. The maximum Gasteiger partial charge on any atom is 0.178 e. The lowest BCUT2D eigenvalue weighted by molar-refractivity contribution is 1.23. The first-order valence-electron chi connectivity index (χ1n) is 0.647. The molecule has 22 valence electrons. The highest BCUT2D eigenvalue weighted by molar-refractivity contribution is 4.19. The van der Waals surface area contributed by atoms with Crippen LogP contribution in [0.1, 0.15) is 0 Å². The quantitative estimate of drug-likeness (QED) is 0.369. The first-order chi connectivity index (χ1) is 1.91. The second kappa shape index (κ2) is 9.51. The van der Waals surface area contributed by atoms with E-state index in [1.165, 1.54) is 0 Å². The van der Waals surface area contributed by atoms with Gasteiger partial charge in [0.2, 0.25) is 0 Å². The van der Waals surface area contributed by atoms with Gasteiger partial charge in [0.15, 0.2) is 14.1 Å². The predicted molar refractivity (Wildman–Crippen MR) is 14.6 cm³/mol. The summed E-state index contributed by atoms with van der Waals surface area (Å²) < 4.78 is 0. The van der Waals surface area contributed by atoms with Crippen molar-refractivity contribution in [1.82, 2.24) is 0 Å². The normalized spacial score (nSPS) is 7.60. The van der Waals surface area contributed by atoms with E-state index in [0.717, 1.165) is 0 Å². The molecule has 0 aliphatic rings. The Morgan fingerprint density at radius 3 is 1.20 bits per heavy atom. The Balaban J connectivity index is 0. The van der Waals surface area contributed by atoms with E-state index in [-0.39, 0.29) is 7.43 Å². The average molecular weight is 64.0 g/mol. The van der Waals surface area contributed by atoms with Crippen molar-refractivity contribution >= 4 is 0 Å². The molecule has 2 heteroatoms. The molecule has 0 aliphatic heterocycles. The molecule has 10 radical (unpaired) electrons. The summed E-state index contributed by atoms with van der Waals surface area (Å²) in [6.07, 6.45) is 0. The number of hydrogen-bond acceptors (Lipinski definition) is 2. The van der Waals surface area contributed by atoms with E-state index in [2.05, 4.69) is 10.2 Å². The summed E-state index contributed by atoms with van der Waals surface area (Å²) in [5, 5.41) is 4.56. The van der Waals surface area contributed by atoms with Crippen LogP contribution in [0.3, 0.4) is 0 Å². The summed E-state index contributed by atoms with van der Waals surface area (Å²) in [7, 11) is 11.4. The standard InChI is InChI=1S/C2N2.C/c1-3-4-2;. The minimum absolute atomic E-state index is 0. The molecule has 0 unspecified atom stereocenters. The Kier molecular flexibility index (Phi) is 16.8. The molecule has 0 aromatic rings. The molecule has 0 aromatic carbocycles. The molecule has 0 amide bonds. The van der Waals surface area contributed by atoms with Gasteiger partial charge in [-0.2, -0.15) is 10.2 Å². The van der Waals surface area contributed by atoms with Gasteiger partial charge in [-0.25, -0.2) is 0 Å². The Labute approximate surface area is 32.9 Å². The lowest BCUT2D eigenvalue weighted by Gasteiger charge is -1.49. The van der Waals surface area contributed by atoms with E-state index >= 15 is 0 Å². The lowest BCUT2D eigenvalue weighted by Crippen LogP contribution is -1.27. The molecule has 0 atom stereocenters. The van der Waals surface area contributed by atoms with Crippen molar-refractivity contribution in [3.05, 3.63) is 21.5 Å². The summed E-state index contributed by atoms with van der Waals surface area (Å²) in [4.78, 5) is 0. The van der Waals surface area contributed by atoms with Crippen LogP contribution in [0.2, 0.25) is 0 Å². The number of nitrogens with zero attached hydrogens (tertiary/aromatic N) is 2. The number of hydrogen-bond donors (Lipinski definition) is 0. The second-order valence-corrected chi connectivity index (χ2v) is 0.200. The fourth-order valence-corrected chi connectivity index (χ4v) is 0. The molecule has 0 aromatic heterocycles.